The third-order valence-electron chi connectivity index (χ3n) is 4.61. The first-order valence-electron chi connectivity index (χ1n) is 8.17. The second kappa shape index (κ2) is 7.15. The number of aliphatic hydroxyl groups is 1. The van der Waals surface area contributed by atoms with Crippen molar-refractivity contribution < 1.29 is 18.3 Å². The number of aromatic amines is 1. The number of rotatable bonds is 6. The smallest absolute Gasteiger partial charge is 0.252 e. The SMILES string of the molecule is COc1ccc2[nH]c(=O)c(CN(CCO)[C@H]3CCS(=O)(=O)C3)cc2c1. The normalized spacial score (nSPS) is 19.6. The summed E-state index contributed by atoms with van der Waals surface area (Å²) in [6.45, 7) is 0.537. The highest BCUT2D eigenvalue weighted by molar-refractivity contribution is 7.91. The van der Waals surface area contributed by atoms with Crippen LogP contribution in [0.4, 0.5) is 0 Å². The van der Waals surface area contributed by atoms with Gasteiger partial charge in [-0.1, -0.05) is 0 Å². The fraction of sp³-hybridized carbons (Fsp3) is 0.471. The van der Waals surface area contributed by atoms with E-state index in [4.69, 9.17) is 4.74 Å². The van der Waals surface area contributed by atoms with Gasteiger partial charge in [0.05, 0.1) is 25.2 Å². The van der Waals surface area contributed by atoms with E-state index >= 15 is 0 Å². The number of pyridine rings is 1. The Balaban J connectivity index is 1.91. The minimum absolute atomic E-state index is 0.0757. The second-order valence-electron chi connectivity index (χ2n) is 6.33. The molecule has 0 aliphatic carbocycles. The van der Waals surface area contributed by atoms with Crippen molar-refractivity contribution in [3.05, 3.63) is 40.2 Å². The van der Waals surface area contributed by atoms with Gasteiger partial charge < -0.3 is 14.8 Å². The molecule has 0 radical (unpaired) electrons. The van der Waals surface area contributed by atoms with Crippen molar-refractivity contribution in [3.8, 4) is 5.75 Å². The number of ether oxygens (including phenoxy) is 1. The van der Waals surface area contributed by atoms with Crippen LogP contribution in [-0.2, 0) is 16.4 Å². The molecule has 3 rings (SSSR count). The average molecular weight is 366 g/mol. The summed E-state index contributed by atoms with van der Waals surface area (Å²) in [5, 5.41) is 10.2. The molecule has 1 aliphatic rings. The van der Waals surface area contributed by atoms with Gasteiger partial charge in [0.15, 0.2) is 9.84 Å². The van der Waals surface area contributed by atoms with Crippen LogP contribution in [0.5, 0.6) is 5.75 Å². The Kier molecular flexibility index (Phi) is 5.12. The van der Waals surface area contributed by atoms with Gasteiger partial charge in [-0.05, 0) is 30.7 Å². The van der Waals surface area contributed by atoms with Gasteiger partial charge in [-0.2, -0.15) is 0 Å². The molecule has 0 unspecified atom stereocenters. The lowest BCUT2D eigenvalue weighted by Crippen LogP contribution is -2.39. The molecular formula is C17H22N2O5S. The van der Waals surface area contributed by atoms with Crippen LogP contribution in [0, 0.1) is 0 Å². The predicted molar refractivity (Wildman–Crippen MR) is 95.7 cm³/mol. The van der Waals surface area contributed by atoms with E-state index in [0.29, 0.717) is 36.3 Å². The summed E-state index contributed by atoms with van der Waals surface area (Å²) in [5.74, 6) is 0.927. The van der Waals surface area contributed by atoms with Crippen molar-refractivity contribution in [3.63, 3.8) is 0 Å². The first kappa shape index (κ1) is 17.9. The molecule has 0 bridgehead atoms. The van der Waals surface area contributed by atoms with Gasteiger partial charge in [-0.15, -0.1) is 0 Å². The maximum atomic E-state index is 12.4. The van der Waals surface area contributed by atoms with Gasteiger partial charge in [-0.25, -0.2) is 8.42 Å². The van der Waals surface area contributed by atoms with E-state index in [1.54, 1.807) is 25.3 Å². The van der Waals surface area contributed by atoms with Crippen molar-refractivity contribution >= 4 is 20.7 Å². The molecule has 1 fully saturated rings. The van der Waals surface area contributed by atoms with Crippen molar-refractivity contribution in [1.82, 2.24) is 9.88 Å². The summed E-state index contributed by atoms with van der Waals surface area (Å²) in [4.78, 5) is 17.1. The van der Waals surface area contributed by atoms with E-state index in [0.717, 1.165) is 5.39 Å². The van der Waals surface area contributed by atoms with Crippen molar-refractivity contribution in [2.75, 3.05) is 31.8 Å². The molecule has 0 amide bonds. The van der Waals surface area contributed by atoms with Crippen molar-refractivity contribution in [1.29, 1.82) is 0 Å². The maximum Gasteiger partial charge on any atom is 0.252 e. The molecule has 0 saturated carbocycles. The van der Waals surface area contributed by atoms with Gasteiger partial charge in [0.1, 0.15) is 5.75 Å². The molecule has 2 heterocycles. The predicted octanol–water partition coefficient (Wildman–Crippen LogP) is 0.518. The monoisotopic (exact) mass is 366 g/mol. The molecule has 1 saturated heterocycles. The van der Waals surface area contributed by atoms with E-state index in [1.165, 1.54) is 0 Å². The number of aliphatic hydroxyl groups excluding tert-OH is 1. The summed E-state index contributed by atoms with van der Waals surface area (Å²) < 4.78 is 28.7. The molecule has 2 N–H and O–H groups in total. The Bertz CT molecular complexity index is 922. The molecule has 1 aromatic carbocycles. The zero-order valence-electron chi connectivity index (χ0n) is 14.1. The summed E-state index contributed by atoms with van der Waals surface area (Å²) in [7, 11) is -1.45. The van der Waals surface area contributed by atoms with E-state index in [2.05, 4.69) is 4.98 Å². The molecule has 25 heavy (non-hydrogen) atoms. The summed E-state index contributed by atoms with van der Waals surface area (Å²) in [6, 6.07) is 7.03. The minimum atomic E-state index is -3.03. The molecule has 1 aliphatic heterocycles. The Hall–Kier alpha value is -1.90. The Labute approximate surface area is 146 Å². The lowest BCUT2D eigenvalue weighted by Gasteiger charge is -2.27. The quantitative estimate of drug-likeness (QED) is 0.773. The van der Waals surface area contributed by atoms with Gasteiger partial charge in [0.25, 0.3) is 5.56 Å². The summed E-state index contributed by atoms with van der Waals surface area (Å²) >= 11 is 0. The molecule has 1 aromatic heterocycles. The molecule has 8 heteroatoms. The molecule has 1 atom stereocenters. The number of nitrogens with zero attached hydrogens (tertiary/aromatic N) is 1. The zero-order chi connectivity index (χ0) is 18.0. The highest BCUT2D eigenvalue weighted by Gasteiger charge is 2.32. The summed E-state index contributed by atoms with van der Waals surface area (Å²) in [6.07, 6.45) is 0.529. The number of fused-ring (bicyclic) bond motifs is 1. The number of sulfone groups is 1. The third-order valence-corrected chi connectivity index (χ3v) is 6.36. The van der Waals surface area contributed by atoms with Crippen LogP contribution in [0.1, 0.15) is 12.0 Å². The van der Waals surface area contributed by atoms with Gasteiger partial charge in [-0.3, -0.25) is 9.69 Å². The first-order chi connectivity index (χ1) is 11.9. The molecule has 2 aromatic rings. The molecule has 0 spiro atoms. The Morgan fingerprint density at radius 3 is 2.80 bits per heavy atom. The van der Waals surface area contributed by atoms with Crippen LogP contribution in [0.25, 0.3) is 10.9 Å². The van der Waals surface area contributed by atoms with E-state index < -0.39 is 9.84 Å². The van der Waals surface area contributed by atoms with Gasteiger partial charge in [0.2, 0.25) is 0 Å². The lowest BCUT2D eigenvalue weighted by molar-refractivity contribution is 0.153. The fourth-order valence-corrected chi connectivity index (χ4v) is 5.04. The maximum absolute atomic E-state index is 12.4. The number of methoxy groups -OCH3 is 1. The minimum Gasteiger partial charge on any atom is -0.497 e. The largest absolute Gasteiger partial charge is 0.497 e. The van der Waals surface area contributed by atoms with Crippen molar-refractivity contribution in [2.45, 2.75) is 19.0 Å². The van der Waals surface area contributed by atoms with Gasteiger partial charge >= 0.3 is 0 Å². The standard InChI is InChI=1S/C17H22N2O5S/c1-24-15-2-3-16-12(9-15)8-13(17(21)18-16)10-19(5-6-20)14-4-7-25(22,23)11-14/h2-3,8-9,14,20H,4-7,10-11H2,1H3,(H,18,21)/t14-/m0/s1. The number of nitrogens with one attached hydrogen (secondary N) is 1. The van der Waals surface area contributed by atoms with Crippen LogP contribution in [0.2, 0.25) is 0 Å². The summed E-state index contributed by atoms with van der Waals surface area (Å²) in [5.41, 5.74) is 1.05. The van der Waals surface area contributed by atoms with Crippen LogP contribution < -0.4 is 10.3 Å². The highest BCUT2D eigenvalue weighted by Crippen LogP contribution is 2.22. The van der Waals surface area contributed by atoms with E-state index in [-0.39, 0.29) is 29.7 Å². The van der Waals surface area contributed by atoms with E-state index in [1.807, 2.05) is 11.0 Å². The van der Waals surface area contributed by atoms with Crippen LogP contribution in [-0.4, -0.2) is 61.2 Å². The Morgan fingerprint density at radius 1 is 1.36 bits per heavy atom. The zero-order valence-corrected chi connectivity index (χ0v) is 14.9. The van der Waals surface area contributed by atoms with Crippen LogP contribution in [0.15, 0.2) is 29.1 Å². The van der Waals surface area contributed by atoms with Gasteiger partial charge in [0, 0.05) is 35.6 Å². The second-order valence-corrected chi connectivity index (χ2v) is 8.56. The molecule has 136 valence electrons. The third kappa shape index (κ3) is 4.02. The first-order valence-corrected chi connectivity index (χ1v) is 9.99. The fourth-order valence-electron chi connectivity index (χ4n) is 3.28. The number of aromatic nitrogens is 1. The van der Waals surface area contributed by atoms with E-state index in [9.17, 15) is 18.3 Å². The number of hydrogen-bond donors (Lipinski definition) is 2. The molecular weight excluding hydrogens is 344 g/mol. The van der Waals surface area contributed by atoms with Crippen LogP contribution >= 0.6 is 0 Å². The number of H-pyrrole nitrogens is 1. The van der Waals surface area contributed by atoms with Crippen LogP contribution in [0.3, 0.4) is 0 Å². The Morgan fingerprint density at radius 2 is 2.16 bits per heavy atom. The highest BCUT2D eigenvalue weighted by atomic mass is 32.2. The number of hydrogen-bond acceptors (Lipinski definition) is 6. The van der Waals surface area contributed by atoms with Crippen molar-refractivity contribution in [2.24, 2.45) is 0 Å². The molecule has 7 nitrogen and oxygen atoms in total. The topological polar surface area (TPSA) is 99.7 Å². The average Bonchev–Trinajstić information content (AvgIpc) is 2.94. The number of benzene rings is 1. The lowest BCUT2D eigenvalue weighted by atomic mass is 10.1.